The first-order valence-electron chi connectivity index (χ1n) is 11.5. The average molecular weight is 518 g/mol. The molecule has 1 fully saturated rings. The van der Waals surface area contributed by atoms with Gasteiger partial charge in [-0.25, -0.2) is 9.37 Å². The normalized spacial score (nSPS) is 17.0. The van der Waals surface area contributed by atoms with Gasteiger partial charge in [0.2, 0.25) is 0 Å². The number of halogens is 1. The molecule has 0 radical (unpaired) electrons. The van der Waals surface area contributed by atoms with E-state index in [1.807, 2.05) is 56.3 Å². The molecule has 0 saturated carbocycles. The number of amides is 1. The van der Waals surface area contributed by atoms with Gasteiger partial charge in [-0.05, 0) is 60.5 Å². The SMILES string of the molecule is COc1ccc(F)cc1/C(O)=C1\C(=O)C(=O)N(c2nc3ccc(C)cc3s2)C1c1ccc(N(C)C)cc1. The van der Waals surface area contributed by atoms with Gasteiger partial charge in [0.05, 0.1) is 34.5 Å². The predicted molar refractivity (Wildman–Crippen MR) is 143 cm³/mol. The quantitative estimate of drug-likeness (QED) is 0.216. The van der Waals surface area contributed by atoms with E-state index in [2.05, 4.69) is 4.98 Å². The number of ether oxygens (including phenoxy) is 1. The number of carbonyl (C=O) groups excluding carboxylic acids is 2. The lowest BCUT2D eigenvalue weighted by atomic mass is 9.95. The second-order valence-electron chi connectivity index (χ2n) is 8.97. The number of carbonyl (C=O) groups is 2. The first-order valence-corrected chi connectivity index (χ1v) is 12.3. The number of thiazole rings is 1. The monoisotopic (exact) mass is 517 g/mol. The van der Waals surface area contributed by atoms with Gasteiger partial charge in [0.25, 0.3) is 5.78 Å². The maximum Gasteiger partial charge on any atom is 0.301 e. The smallest absolute Gasteiger partial charge is 0.301 e. The van der Waals surface area contributed by atoms with E-state index in [0.717, 1.165) is 22.0 Å². The van der Waals surface area contributed by atoms with E-state index >= 15 is 0 Å². The van der Waals surface area contributed by atoms with E-state index in [-0.39, 0.29) is 16.9 Å². The highest BCUT2D eigenvalue weighted by atomic mass is 32.1. The number of aliphatic hydroxyl groups excluding tert-OH is 1. The van der Waals surface area contributed by atoms with Gasteiger partial charge < -0.3 is 14.7 Å². The van der Waals surface area contributed by atoms with Crippen LogP contribution in [0.3, 0.4) is 0 Å². The van der Waals surface area contributed by atoms with Crippen molar-refractivity contribution in [2.24, 2.45) is 0 Å². The first kappa shape index (κ1) is 24.5. The number of hydrogen-bond donors (Lipinski definition) is 1. The molecule has 1 N–H and O–H groups in total. The summed E-state index contributed by atoms with van der Waals surface area (Å²) >= 11 is 1.29. The molecule has 0 aliphatic carbocycles. The van der Waals surface area contributed by atoms with E-state index in [1.54, 1.807) is 12.1 Å². The number of benzene rings is 3. The van der Waals surface area contributed by atoms with E-state index in [4.69, 9.17) is 4.74 Å². The summed E-state index contributed by atoms with van der Waals surface area (Å²) in [7, 11) is 5.18. The number of nitrogens with zero attached hydrogens (tertiary/aromatic N) is 3. The average Bonchev–Trinajstić information content (AvgIpc) is 3.41. The van der Waals surface area contributed by atoms with E-state index < -0.39 is 29.3 Å². The molecule has 0 bridgehead atoms. The Morgan fingerprint density at radius 1 is 1.08 bits per heavy atom. The number of methoxy groups -OCH3 is 1. The molecule has 1 aliphatic rings. The van der Waals surface area contributed by atoms with Crippen molar-refractivity contribution in [2.75, 3.05) is 31.0 Å². The van der Waals surface area contributed by atoms with Gasteiger partial charge in [-0.1, -0.05) is 29.5 Å². The number of anilines is 2. The molecular formula is C28H24FN3O4S. The number of fused-ring (bicyclic) bond motifs is 1. The molecule has 0 spiro atoms. The predicted octanol–water partition coefficient (Wildman–Crippen LogP) is 5.44. The highest BCUT2D eigenvalue weighted by molar-refractivity contribution is 7.22. The summed E-state index contributed by atoms with van der Waals surface area (Å²) in [6.45, 7) is 1.96. The molecule has 4 aromatic rings. The van der Waals surface area contributed by atoms with Crippen LogP contribution >= 0.6 is 11.3 Å². The summed E-state index contributed by atoms with van der Waals surface area (Å²) in [4.78, 5) is 34.8. The summed E-state index contributed by atoms with van der Waals surface area (Å²) in [5.41, 5.74) is 3.07. The lowest BCUT2D eigenvalue weighted by Crippen LogP contribution is -2.29. The summed E-state index contributed by atoms with van der Waals surface area (Å²) in [5.74, 6) is -2.68. The Labute approximate surface area is 217 Å². The van der Waals surface area contributed by atoms with Crippen LogP contribution in [-0.2, 0) is 9.59 Å². The van der Waals surface area contributed by atoms with Crippen molar-refractivity contribution in [3.8, 4) is 5.75 Å². The van der Waals surface area contributed by atoms with Crippen LogP contribution in [0.15, 0.2) is 66.2 Å². The molecule has 1 amide bonds. The number of rotatable bonds is 5. The van der Waals surface area contributed by atoms with Crippen molar-refractivity contribution in [3.63, 3.8) is 0 Å². The molecule has 7 nitrogen and oxygen atoms in total. The number of aromatic nitrogens is 1. The Bertz CT molecular complexity index is 1580. The molecule has 1 saturated heterocycles. The van der Waals surface area contributed by atoms with Crippen LogP contribution in [0.25, 0.3) is 16.0 Å². The molecule has 2 heterocycles. The topological polar surface area (TPSA) is 83.0 Å². The summed E-state index contributed by atoms with van der Waals surface area (Å²) in [6.07, 6.45) is 0. The molecule has 9 heteroatoms. The van der Waals surface area contributed by atoms with Gasteiger partial charge in [0.1, 0.15) is 17.3 Å². The lowest BCUT2D eigenvalue weighted by Gasteiger charge is -2.24. The Morgan fingerprint density at radius 3 is 2.49 bits per heavy atom. The first-order chi connectivity index (χ1) is 17.7. The Morgan fingerprint density at radius 2 is 1.81 bits per heavy atom. The van der Waals surface area contributed by atoms with Crippen LogP contribution in [0.5, 0.6) is 5.75 Å². The molecule has 1 aliphatic heterocycles. The highest BCUT2D eigenvalue weighted by Crippen LogP contribution is 2.45. The summed E-state index contributed by atoms with van der Waals surface area (Å²) in [5, 5.41) is 11.7. The van der Waals surface area contributed by atoms with Crippen molar-refractivity contribution < 1.29 is 23.8 Å². The largest absolute Gasteiger partial charge is 0.507 e. The summed E-state index contributed by atoms with van der Waals surface area (Å²) in [6, 6.07) is 15.7. The van der Waals surface area contributed by atoms with Crippen LogP contribution in [0, 0.1) is 12.7 Å². The fourth-order valence-electron chi connectivity index (χ4n) is 4.43. The molecule has 3 aromatic carbocycles. The third-order valence-electron chi connectivity index (χ3n) is 6.33. The molecule has 1 unspecified atom stereocenters. The van der Waals surface area contributed by atoms with Crippen molar-refractivity contribution in [2.45, 2.75) is 13.0 Å². The van der Waals surface area contributed by atoms with Gasteiger partial charge in [0, 0.05) is 19.8 Å². The second kappa shape index (κ2) is 9.33. The Kier molecular flexibility index (Phi) is 6.16. The van der Waals surface area contributed by atoms with Crippen LogP contribution in [0.2, 0.25) is 0 Å². The van der Waals surface area contributed by atoms with Crippen LogP contribution < -0.4 is 14.5 Å². The molecule has 1 aromatic heterocycles. The van der Waals surface area contributed by atoms with E-state index in [9.17, 15) is 19.1 Å². The molecule has 1 atom stereocenters. The minimum atomic E-state index is -0.981. The minimum Gasteiger partial charge on any atom is -0.507 e. The van der Waals surface area contributed by atoms with Gasteiger partial charge in [0.15, 0.2) is 5.13 Å². The van der Waals surface area contributed by atoms with E-state index in [1.165, 1.54) is 35.5 Å². The van der Waals surface area contributed by atoms with Gasteiger partial charge in [-0.3, -0.25) is 14.5 Å². The van der Waals surface area contributed by atoms with Crippen molar-refractivity contribution in [1.29, 1.82) is 0 Å². The van der Waals surface area contributed by atoms with Crippen LogP contribution in [0.4, 0.5) is 15.2 Å². The lowest BCUT2D eigenvalue weighted by molar-refractivity contribution is -0.132. The zero-order valence-electron chi connectivity index (χ0n) is 20.7. The van der Waals surface area contributed by atoms with Crippen molar-refractivity contribution in [1.82, 2.24) is 4.98 Å². The molecule has 37 heavy (non-hydrogen) atoms. The fraction of sp³-hybridized carbons (Fsp3) is 0.179. The number of Topliss-reactive ketones (excluding diaryl/α,β-unsaturated/α-hetero) is 1. The molecular weight excluding hydrogens is 493 g/mol. The minimum absolute atomic E-state index is 0.0182. The Hall–Kier alpha value is -4.24. The Balaban J connectivity index is 1.75. The second-order valence-corrected chi connectivity index (χ2v) is 9.98. The fourth-order valence-corrected chi connectivity index (χ4v) is 5.52. The zero-order valence-corrected chi connectivity index (χ0v) is 21.5. The zero-order chi connectivity index (χ0) is 26.4. The molecule has 188 valence electrons. The van der Waals surface area contributed by atoms with Crippen LogP contribution in [0.1, 0.15) is 22.7 Å². The number of ketones is 1. The number of hydrogen-bond acceptors (Lipinski definition) is 7. The standard InChI is InChI=1S/C28H24FN3O4S/c1-15-5-11-20-22(13-15)37-28(30-20)32-24(16-6-9-18(10-7-16)31(2)3)23(26(34)27(32)35)25(33)19-14-17(29)8-12-21(19)36-4/h5-14,24,33H,1-4H3/b25-23+. The van der Waals surface area contributed by atoms with Gasteiger partial charge in [-0.2, -0.15) is 0 Å². The van der Waals surface area contributed by atoms with Gasteiger partial charge >= 0.3 is 5.91 Å². The summed E-state index contributed by atoms with van der Waals surface area (Å²) < 4.78 is 20.3. The van der Waals surface area contributed by atoms with Crippen molar-refractivity contribution >= 4 is 49.8 Å². The maximum atomic E-state index is 14.2. The van der Waals surface area contributed by atoms with Crippen molar-refractivity contribution in [3.05, 3.63) is 88.7 Å². The highest BCUT2D eigenvalue weighted by Gasteiger charge is 2.48. The number of aryl methyl sites for hydroxylation is 1. The third kappa shape index (κ3) is 4.21. The molecule has 5 rings (SSSR count). The number of aliphatic hydroxyl groups is 1. The van der Waals surface area contributed by atoms with Gasteiger partial charge in [-0.15, -0.1) is 0 Å². The third-order valence-corrected chi connectivity index (χ3v) is 7.34. The van der Waals surface area contributed by atoms with Crippen LogP contribution in [-0.4, -0.2) is 43.0 Å². The van der Waals surface area contributed by atoms with E-state index in [0.29, 0.717) is 16.2 Å². The maximum absolute atomic E-state index is 14.2.